The fourth-order valence-electron chi connectivity index (χ4n) is 2.94. The lowest BCUT2D eigenvalue weighted by molar-refractivity contribution is -0.139. The summed E-state index contributed by atoms with van der Waals surface area (Å²) < 4.78 is 25.8. The fourth-order valence-corrected chi connectivity index (χ4v) is 4.09. The van der Waals surface area contributed by atoms with Crippen molar-refractivity contribution in [2.75, 3.05) is 23.7 Å². The lowest BCUT2D eigenvalue weighted by Crippen LogP contribution is -2.51. The molecular weight excluding hydrogens is 461 g/mol. The van der Waals surface area contributed by atoms with Crippen molar-refractivity contribution in [3.05, 3.63) is 64.1 Å². The molecule has 31 heavy (non-hydrogen) atoms. The Labute approximate surface area is 193 Å². The number of hydrogen-bond donors (Lipinski definition) is 1. The van der Waals surface area contributed by atoms with Gasteiger partial charge in [-0.3, -0.25) is 13.9 Å². The molecule has 2 aromatic carbocycles. The summed E-state index contributed by atoms with van der Waals surface area (Å²) in [5, 5.41) is 3.58. The summed E-state index contributed by atoms with van der Waals surface area (Å²) in [5.41, 5.74) is 1.02. The van der Waals surface area contributed by atoms with Crippen molar-refractivity contribution in [3.8, 4) is 0 Å². The predicted molar refractivity (Wildman–Crippen MR) is 124 cm³/mol. The number of carbonyl (C=O) groups is 2. The van der Waals surface area contributed by atoms with Gasteiger partial charge in [-0.25, -0.2) is 8.42 Å². The van der Waals surface area contributed by atoms with E-state index in [1.807, 2.05) is 0 Å². The number of sulfonamides is 1. The molecule has 0 unspecified atom stereocenters. The van der Waals surface area contributed by atoms with Crippen molar-refractivity contribution < 1.29 is 18.0 Å². The summed E-state index contributed by atoms with van der Waals surface area (Å²) in [7, 11) is -3.79. The first kappa shape index (κ1) is 25.0. The molecule has 0 heterocycles. The van der Waals surface area contributed by atoms with Gasteiger partial charge in [-0.1, -0.05) is 41.4 Å². The molecule has 10 heteroatoms. The van der Waals surface area contributed by atoms with E-state index < -0.39 is 28.5 Å². The summed E-state index contributed by atoms with van der Waals surface area (Å²) >= 11 is 11.9. The molecule has 0 bridgehead atoms. The third-order valence-corrected chi connectivity index (χ3v) is 6.19. The second-order valence-electron chi connectivity index (χ2n) is 6.97. The summed E-state index contributed by atoms with van der Waals surface area (Å²) in [6, 6.07) is 12.3. The number of amides is 2. The van der Waals surface area contributed by atoms with Gasteiger partial charge in [-0.2, -0.15) is 0 Å². The number of carbonyl (C=O) groups excluding carboxylic acids is 2. The molecule has 2 aromatic rings. The number of halogens is 2. The molecule has 7 nitrogen and oxygen atoms in total. The molecule has 0 saturated carbocycles. The standard InChI is InChI=1S/C21H25Cl2N3O4S/c1-4-24-21(28)15(2)25(13-16-8-10-17(22)11-9-16)20(27)14-26(31(3,29)30)19-7-5-6-18(23)12-19/h5-12,15H,4,13-14H2,1-3H3,(H,24,28)/t15-/m1/s1. The normalized spacial score (nSPS) is 12.2. The number of benzene rings is 2. The molecule has 1 N–H and O–H groups in total. The van der Waals surface area contributed by atoms with E-state index in [4.69, 9.17) is 23.2 Å². The van der Waals surface area contributed by atoms with Gasteiger partial charge in [0.15, 0.2) is 0 Å². The second kappa shape index (κ2) is 10.8. The van der Waals surface area contributed by atoms with Gasteiger partial charge < -0.3 is 10.2 Å². The van der Waals surface area contributed by atoms with Crippen molar-refractivity contribution in [1.82, 2.24) is 10.2 Å². The third-order valence-electron chi connectivity index (χ3n) is 4.56. The molecule has 168 valence electrons. The van der Waals surface area contributed by atoms with Crippen LogP contribution in [0.4, 0.5) is 5.69 Å². The van der Waals surface area contributed by atoms with E-state index >= 15 is 0 Å². The molecule has 0 aliphatic rings. The predicted octanol–water partition coefficient (Wildman–Crippen LogP) is 3.31. The molecule has 0 radical (unpaired) electrons. The molecule has 1 atom stereocenters. The zero-order chi connectivity index (χ0) is 23.2. The summed E-state index contributed by atoms with van der Waals surface area (Å²) in [4.78, 5) is 27.1. The maximum atomic E-state index is 13.3. The van der Waals surface area contributed by atoms with Crippen LogP contribution in [0.3, 0.4) is 0 Å². The first-order valence-corrected chi connectivity index (χ1v) is 12.2. The Hall–Kier alpha value is -2.29. The molecule has 0 aliphatic carbocycles. The van der Waals surface area contributed by atoms with Gasteiger partial charge in [0.1, 0.15) is 12.6 Å². The number of anilines is 1. The quantitative estimate of drug-likeness (QED) is 0.589. The number of nitrogens with one attached hydrogen (secondary N) is 1. The Morgan fingerprint density at radius 3 is 2.26 bits per heavy atom. The van der Waals surface area contributed by atoms with Crippen molar-refractivity contribution in [3.63, 3.8) is 0 Å². The summed E-state index contributed by atoms with van der Waals surface area (Å²) in [5.74, 6) is -0.863. The average Bonchev–Trinajstić information content (AvgIpc) is 2.70. The first-order chi connectivity index (χ1) is 14.5. The van der Waals surface area contributed by atoms with Crippen molar-refractivity contribution in [2.45, 2.75) is 26.4 Å². The van der Waals surface area contributed by atoms with Crippen LogP contribution in [0.15, 0.2) is 48.5 Å². The molecule has 0 saturated heterocycles. The molecule has 2 rings (SSSR count). The molecule has 0 aromatic heterocycles. The highest BCUT2D eigenvalue weighted by Crippen LogP contribution is 2.22. The highest BCUT2D eigenvalue weighted by atomic mass is 35.5. The minimum Gasteiger partial charge on any atom is -0.355 e. The van der Waals surface area contributed by atoms with Gasteiger partial charge >= 0.3 is 0 Å². The maximum Gasteiger partial charge on any atom is 0.244 e. The van der Waals surface area contributed by atoms with Gasteiger partial charge in [0.2, 0.25) is 21.8 Å². The van der Waals surface area contributed by atoms with E-state index in [2.05, 4.69) is 5.32 Å². The minimum absolute atomic E-state index is 0.113. The number of nitrogens with zero attached hydrogens (tertiary/aromatic N) is 2. The van der Waals surface area contributed by atoms with Crippen LogP contribution in [-0.4, -0.2) is 50.5 Å². The minimum atomic E-state index is -3.79. The highest BCUT2D eigenvalue weighted by Gasteiger charge is 2.29. The average molecular weight is 486 g/mol. The van der Waals surface area contributed by atoms with Crippen LogP contribution in [0.1, 0.15) is 19.4 Å². The highest BCUT2D eigenvalue weighted by molar-refractivity contribution is 7.92. The molecule has 2 amide bonds. The van der Waals surface area contributed by atoms with E-state index in [0.717, 1.165) is 16.1 Å². The van der Waals surface area contributed by atoms with E-state index in [1.54, 1.807) is 56.3 Å². The van der Waals surface area contributed by atoms with Gasteiger partial charge in [0.05, 0.1) is 11.9 Å². The smallest absolute Gasteiger partial charge is 0.244 e. The van der Waals surface area contributed by atoms with E-state index in [0.29, 0.717) is 16.6 Å². The van der Waals surface area contributed by atoms with Gasteiger partial charge in [0.25, 0.3) is 0 Å². The number of likely N-dealkylation sites (N-methyl/N-ethyl adjacent to an activating group) is 1. The molecule has 0 aliphatic heterocycles. The lowest BCUT2D eigenvalue weighted by Gasteiger charge is -2.31. The molecule has 0 spiro atoms. The maximum absolute atomic E-state index is 13.3. The first-order valence-electron chi connectivity index (χ1n) is 9.57. The Morgan fingerprint density at radius 2 is 1.71 bits per heavy atom. The molecular formula is C21H25Cl2N3O4S. The van der Waals surface area contributed by atoms with Gasteiger partial charge in [-0.05, 0) is 49.7 Å². The van der Waals surface area contributed by atoms with Crippen LogP contribution in [0.2, 0.25) is 10.0 Å². The zero-order valence-electron chi connectivity index (χ0n) is 17.5. The van der Waals surface area contributed by atoms with Crippen molar-refractivity contribution in [1.29, 1.82) is 0 Å². The Bertz CT molecular complexity index is 1030. The van der Waals surface area contributed by atoms with Gasteiger partial charge in [-0.15, -0.1) is 0 Å². The van der Waals surface area contributed by atoms with Crippen LogP contribution >= 0.6 is 23.2 Å². The monoisotopic (exact) mass is 485 g/mol. The lowest BCUT2D eigenvalue weighted by atomic mass is 10.1. The Morgan fingerprint density at radius 1 is 1.06 bits per heavy atom. The molecule has 0 fully saturated rings. The third kappa shape index (κ3) is 7.12. The summed E-state index contributed by atoms with van der Waals surface area (Å²) in [6.07, 6.45) is 1.01. The SMILES string of the molecule is CCNC(=O)[C@@H](C)N(Cc1ccc(Cl)cc1)C(=O)CN(c1cccc(Cl)c1)S(C)(=O)=O. The topological polar surface area (TPSA) is 86.8 Å². The van der Waals surface area contributed by atoms with Crippen LogP contribution in [0, 0.1) is 0 Å². The largest absolute Gasteiger partial charge is 0.355 e. The van der Waals surface area contributed by atoms with E-state index in [1.165, 1.54) is 11.0 Å². The fraction of sp³-hybridized carbons (Fsp3) is 0.333. The van der Waals surface area contributed by atoms with Crippen molar-refractivity contribution in [2.24, 2.45) is 0 Å². The second-order valence-corrected chi connectivity index (χ2v) is 9.75. The number of rotatable bonds is 9. The van der Waals surface area contributed by atoms with Crippen molar-refractivity contribution >= 4 is 50.7 Å². The Balaban J connectivity index is 2.37. The van der Waals surface area contributed by atoms with E-state index in [-0.39, 0.29) is 18.1 Å². The zero-order valence-corrected chi connectivity index (χ0v) is 19.8. The van der Waals surface area contributed by atoms with Crippen LogP contribution in [-0.2, 0) is 26.2 Å². The van der Waals surface area contributed by atoms with Crippen LogP contribution in [0.25, 0.3) is 0 Å². The van der Waals surface area contributed by atoms with Crippen LogP contribution in [0.5, 0.6) is 0 Å². The van der Waals surface area contributed by atoms with E-state index in [9.17, 15) is 18.0 Å². The van der Waals surface area contributed by atoms with Crippen LogP contribution < -0.4 is 9.62 Å². The number of hydrogen-bond acceptors (Lipinski definition) is 4. The van der Waals surface area contributed by atoms with Gasteiger partial charge in [0, 0.05) is 23.1 Å². The summed E-state index contributed by atoms with van der Waals surface area (Å²) in [6.45, 7) is 3.42. The Kier molecular flexibility index (Phi) is 8.73.